The van der Waals surface area contributed by atoms with Crippen molar-refractivity contribution in [2.24, 2.45) is 0 Å². The highest BCUT2D eigenvalue weighted by molar-refractivity contribution is 6.90. The molecule has 0 radical (unpaired) electrons. The van der Waals surface area contributed by atoms with Gasteiger partial charge < -0.3 is 0 Å². The van der Waals surface area contributed by atoms with E-state index in [1.807, 2.05) is 0 Å². The normalized spacial score (nSPS) is 12.2. The van der Waals surface area contributed by atoms with Crippen molar-refractivity contribution in [3.63, 3.8) is 0 Å². The molecule has 1 atom stereocenters. The van der Waals surface area contributed by atoms with Crippen molar-refractivity contribution >= 4 is 38.3 Å². The largest absolute Gasteiger partial charge is 0.110 e. The van der Waals surface area contributed by atoms with Gasteiger partial charge in [-0.2, -0.15) is 0 Å². The second-order valence-electron chi connectivity index (χ2n) is 10.9. The number of hydrogen-bond donors (Lipinski definition) is 0. The lowest BCUT2D eigenvalue weighted by molar-refractivity contribution is 1.04. The zero-order valence-corrected chi connectivity index (χ0v) is 25.4. The molecule has 5 aromatic rings. The van der Waals surface area contributed by atoms with Crippen molar-refractivity contribution in [1.82, 2.24) is 0 Å². The molecule has 0 heterocycles. The number of aryl methyl sites for hydroxylation is 4. The predicted molar refractivity (Wildman–Crippen MR) is 172 cm³/mol. The molecule has 0 nitrogen and oxygen atoms in total. The first kappa shape index (κ1) is 26.2. The van der Waals surface area contributed by atoms with Crippen molar-refractivity contribution < 1.29 is 0 Å². The van der Waals surface area contributed by atoms with Gasteiger partial charge in [-0.1, -0.05) is 170 Å². The third kappa shape index (κ3) is 6.15. The Morgan fingerprint density at radius 1 is 0.447 bits per heavy atom. The zero-order valence-electron chi connectivity index (χ0n) is 23.1. The van der Waals surface area contributed by atoms with Crippen LogP contribution in [-0.4, -0.2) is 17.6 Å². The summed E-state index contributed by atoms with van der Waals surface area (Å²) in [6.45, 7) is 9.01. The molecular weight excluding hydrogens is 489 g/mol. The van der Waals surface area contributed by atoms with Crippen molar-refractivity contribution in [2.75, 3.05) is 0 Å². The Morgan fingerprint density at radius 3 is 1.21 bits per heavy atom. The van der Waals surface area contributed by atoms with Crippen LogP contribution in [0.1, 0.15) is 33.4 Å². The Hall–Kier alpha value is -3.47. The molecular formula is C36H38Si2. The molecule has 2 heteroatoms. The number of rotatable bonds is 8. The summed E-state index contributed by atoms with van der Waals surface area (Å²) in [5.74, 6) is 0. The third-order valence-electron chi connectivity index (χ3n) is 7.73. The maximum atomic E-state index is 2.48. The van der Waals surface area contributed by atoms with E-state index in [2.05, 4.69) is 155 Å². The van der Waals surface area contributed by atoms with Gasteiger partial charge in [-0.3, -0.25) is 0 Å². The van der Waals surface area contributed by atoms with Crippen LogP contribution in [0.3, 0.4) is 0 Å². The van der Waals surface area contributed by atoms with Crippen LogP contribution in [0.25, 0.3) is 0 Å². The quantitative estimate of drug-likeness (QED) is 0.230. The van der Waals surface area contributed by atoms with Crippen LogP contribution < -0.4 is 20.7 Å². The summed E-state index contributed by atoms with van der Waals surface area (Å²) in [6.07, 6.45) is 0. The first-order valence-corrected chi connectivity index (χ1v) is 17.6. The maximum Gasteiger partial charge on any atom is 0.110 e. The van der Waals surface area contributed by atoms with Gasteiger partial charge in [0.15, 0.2) is 0 Å². The molecule has 0 amide bonds. The second-order valence-corrected chi connectivity index (χ2v) is 16.9. The molecule has 0 fully saturated rings. The SMILES string of the molecule is Cc1cc(C)cc([SiH](CC(c2ccccc2)[SiH](c2ccccc2)c2ccccc2)c2cc(C)cc(C)c2)c1. The van der Waals surface area contributed by atoms with Crippen LogP contribution in [-0.2, 0) is 0 Å². The molecule has 190 valence electrons. The molecule has 0 saturated carbocycles. The molecule has 38 heavy (non-hydrogen) atoms. The molecule has 5 rings (SSSR count). The Bertz CT molecular complexity index is 1350. The fourth-order valence-corrected chi connectivity index (χ4v) is 14.9. The van der Waals surface area contributed by atoms with Gasteiger partial charge in [0.25, 0.3) is 0 Å². The average molecular weight is 527 g/mol. The van der Waals surface area contributed by atoms with Crippen LogP contribution >= 0.6 is 0 Å². The zero-order chi connectivity index (χ0) is 26.5. The Kier molecular flexibility index (Phi) is 8.21. The van der Waals surface area contributed by atoms with E-state index in [-0.39, 0.29) is 0 Å². The van der Waals surface area contributed by atoms with Crippen LogP contribution in [0.4, 0.5) is 0 Å². The predicted octanol–water partition coefficient (Wildman–Crippen LogP) is 5.63. The topological polar surface area (TPSA) is 0 Å². The molecule has 0 N–H and O–H groups in total. The Labute approximate surface area is 232 Å². The van der Waals surface area contributed by atoms with Crippen LogP contribution in [0.5, 0.6) is 0 Å². The first-order chi connectivity index (χ1) is 18.5. The fraction of sp³-hybridized carbons (Fsp3) is 0.167. The highest BCUT2D eigenvalue weighted by atomic mass is 28.3. The van der Waals surface area contributed by atoms with E-state index >= 15 is 0 Å². The highest BCUT2D eigenvalue weighted by Crippen LogP contribution is 2.26. The summed E-state index contributed by atoms with van der Waals surface area (Å²) < 4.78 is 0. The van der Waals surface area contributed by atoms with Gasteiger partial charge in [0, 0.05) is 0 Å². The highest BCUT2D eigenvalue weighted by Gasteiger charge is 2.32. The molecule has 0 aliphatic rings. The first-order valence-electron chi connectivity index (χ1n) is 13.8. The molecule has 0 aliphatic carbocycles. The molecule has 0 aromatic heterocycles. The van der Waals surface area contributed by atoms with Gasteiger partial charge in [-0.15, -0.1) is 0 Å². The number of benzene rings is 5. The van der Waals surface area contributed by atoms with E-state index < -0.39 is 17.6 Å². The molecule has 0 spiro atoms. The lowest BCUT2D eigenvalue weighted by Gasteiger charge is -2.31. The summed E-state index contributed by atoms with van der Waals surface area (Å²) in [5.41, 5.74) is 7.48. The van der Waals surface area contributed by atoms with Crippen molar-refractivity contribution in [3.8, 4) is 0 Å². The lowest BCUT2D eigenvalue weighted by atomic mass is 10.1. The van der Waals surface area contributed by atoms with Crippen LogP contribution in [0.2, 0.25) is 6.04 Å². The maximum absolute atomic E-state index is 2.48. The van der Waals surface area contributed by atoms with E-state index in [1.165, 1.54) is 44.2 Å². The van der Waals surface area contributed by atoms with E-state index in [0.29, 0.717) is 5.54 Å². The summed E-state index contributed by atoms with van der Waals surface area (Å²) in [6, 6.07) is 49.9. The van der Waals surface area contributed by atoms with E-state index in [4.69, 9.17) is 0 Å². The summed E-state index contributed by atoms with van der Waals surface area (Å²) >= 11 is 0. The minimum atomic E-state index is -1.61. The van der Waals surface area contributed by atoms with Gasteiger partial charge in [-0.05, 0) is 44.8 Å². The summed E-state index contributed by atoms with van der Waals surface area (Å²) in [5, 5.41) is 6.20. The van der Waals surface area contributed by atoms with Crippen molar-refractivity contribution in [3.05, 3.63) is 155 Å². The van der Waals surface area contributed by atoms with E-state index in [9.17, 15) is 0 Å². The molecule has 5 aromatic carbocycles. The lowest BCUT2D eigenvalue weighted by Crippen LogP contribution is -2.52. The van der Waals surface area contributed by atoms with Gasteiger partial charge in [0.05, 0.1) is 0 Å². The molecule has 0 bridgehead atoms. The average Bonchev–Trinajstić information content (AvgIpc) is 2.91. The Morgan fingerprint density at radius 2 is 0.816 bits per heavy atom. The molecule has 0 aliphatic heterocycles. The van der Waals surface area contributed by atoms with E-state index in [0.717, 1.165) is 0 Å². The monoisotopic (exact) mass is 526 g/mol. The minimum Gasteiger partial charge on any atom is -0.0629 e. The Balaban J connectivity index is 1.71. The fourth-order valence-electron chi connectivity index (χ4n) is 6.28. The summed E-state index contributed by atoms with van der Waals surface area (Å²) in [4.78, 5) is 0. The number of hydrogen-bond acceptors (Lipinski definition) is 0. The van der Waals surface area contributed by atoms with Gasteiger partial charge in [0.2, 0.25) is 0 Å². The summed E-state index contributed by atoms with van der Waals surface area (Å²) in [7, 11) is -3.17. The second kappa shape index (κ2) is 11.9. The minimum absolute atomic E-state index is 0.499. The van der Waals surface area contributed by atoms with Crippen molar-refractivity contribution in [1.29, 1.82) is 0 Å². The van der Waals surface area contributed by atoms with E-state index in [1.54, 1.807) is 10.4 Å². The van der Waals surface area contributed by atoms with Crippen molar-refractivity contribution in [2.45, 2.75) is 39.3 Å². The van der Waals surface area contributed by atoms with Crippen LogP contribution in [0, 0.1) is 27.7 Å². The van der Waals surface area contributed by atoms with Gasteiger partial charge >= 0.3 is 0 Å². The molecule has 1 unspecified atom stereocenters. The molecule has 0 saturated heterocycles. The smallest absolute Gasteiger partial charge is 0.0629 e. The van der Waals surface area contributed by atoms with Crippen LogP contribution in [0.15, 0.2) is 127 Å². The third-order valence-corrected chi connectivity index (χ3v) is 15.2. The standard InChI is InChI=1S/C36H38Si2/c1-27-20-28(2)23-34(22-27)37(35-24-29(3)21-30(4)25-35)26-36(31-14-8-5-9-15-31)38(32-16-10-6-11-17-32)33-18-12-7-13-19-33/h5-25,36-38H,26H2,1-4H3. The van der Waals surface area contributed by atoms with Gasteiger partial charge in [0.1, 0.15) is 17.6 Å². The van der Waals surface area contributed by atoms with Gasteiger partial charge in [-0.25, -0.2) is 0 Å².